The van der Waals surface area contributed by atoms with Gasteiger partial charge >= 0.3 is 0 Å². The van der Waals surface area contributed by atoms with Gasteiger partial charge in [-0.2, -0.15) is 0 Å². The number of amides is 1. The van der Waals surface area contributed by atoms with Gasteiger partial charge in [0.2, 0.25) is 10.0 Å². The van der Waals surface area contributed by atoms with E-state index in [1.165, 1.54) is 39.5 Å². The van der Waals surface area contributed by atoms with Gasteiger partial charge in [0.05, 0.1) is 37.5 Å². The maximum absolute atomic E-state index is 12.8. The minimum Gasteiger partial charge on any atom is -0.497 e. The van der Waals surface area contributed by atoms with Gasteiger partial charge in [-0.05, 0) is 30.3 Å². The normalized spacial score (nSPS) is 11.0. The van der Waals surface area contributed by atoms with E-state index in [2.05, 4.69) is 10.0 Å². The van der Waals surface area contributed by atoms with Crippen molar-refractivity contribution in [3.8, 4) is 17.2 Å². The molecule has 0 heterocycles. The summed E-state index contributed by atoms with van der Waals surface area (Å²) in [6.45, 7) is 1.91. The Morgan fingerprint density at radius 3 is 2.26 bits per heavy atom. The lowest BCUT2D eigenvalue weighted by Crippen LogP contribution is -2.24. The van der Waals surface area contributed by atoms with Crippen molar-refractivity contribution < 1.29 is 27.4 Å². The van der Waals surface area contributed by atoms with Crippen molar-refractivity contribution in [1.82, 2.24) is 4.72 Å². The average Bonchev–Trinajstić information content (AvgIpc) is 2.67. The number of methoxy groups -OCH3 is 3. The molecule has 0 bridgehead atoms. The van der Waals surface area contributed by atoms with Crippen molar-refractivity contribution in [2.45, 2.75) is 11.8 Å². The molecular weight excluding hydrogens is 372 g/mol. The number of anilines is 1. The Balaban J connectivity index is 2.41. The predicted octanol–water partition coefficient (Wildman–Crippen LogP) is 2.26. The first-order valence-corrected chi connectivity index (χ1v) is 9.55. The Morgan fingerprint density at radius 1 is 0.963 bits per heavy atom. The predicted molar refractivity (Wildman–Crippen MR) is 101 cm³/mol. The molecule has 0 aliphatic heterocycles. The third-order valence-electron chi connectivity index (χ3n) is 3.72. The van der Waals surface area contributed by atoms with E-state index in [0.717, 1.165) is 0 Å². The number of rotatable bonds is 8. The van der Waals surface area contributed by atoms with Gasteiger partial charge in [0.25, 0.3) is 5.91 Å². The van der Waals surface area contributed by atoms with Crippen molar-refractivity contribution in [3.63, 3.8) is 0 Å². The molecule has 0 spiro atoms. The second-order valence-corrected chi connectivity index (χ2v) is 7.15. The van der Waals surface area contributed by atoms with Gasteiger partial charge in [0.1, 0.15) is 17.2 Å². The van der Waals surface area contributed by atoms with Crippen molar-refractivity contribution in [3.05, 3.63) is 42.0 Å². The molecule has 2 aromatic rings. The molecule has 27 heavy (non-hydrogen) atoms. The molecule has 0 saturated carbocycles. The molecular formula is C18H22N2O6S. The molecule has 2 rings (SSSR count). The van der Waals surface area contributed by atoms with Crippen LogP contribution in [-0.4, -0.2) is 42.2 Å². The van der Waals surface area contributed by atoms with Crippen LogP contribution in [0.25, 0.3) is 0 Å². The highest BCUT2D eigenvalue weighted by Gasteiger charge is 2.20. The van der Waals surface area contributed by atoms with E-state index < -0.39 is 15.9 Å². The fourth-order valence-corrected chi connectivity index (χ4v) is 3.46. The summed E-state index contributed by atoms with van der Waals surface area (Å²) in [5, 5.41) is 2.70. The first-order valence-electron chi connectivity index (χ1n) is 8.07. The van der Waals surface area contributed by atoms with Crippen LogP contribution in [0, 0.1) is 0 Å². The second-order valence-electron chi connectivity index (χ2n) is 5.38. The number of nitrogens with one attached hydrogen (secondary N) is 2. The van der Waals surface area contributed by atoms with Crippen LogP contribution in [-0.2, 0) is 10.0 Å². The maximum atomic E-state index is 12.8. The molecule has 2 N–H and O–H groups in total. The van der Waals surface area contributed by atoms with Gasteiger partial charge in [0.15, 0.2) is 0 Å². The standard InChI is InChI=1S/C18H22N2O6S/c1-5-19-27(22,23)13-7-9-16(25-3)14(11-13)18(21)20-15-8-6-12(24-2)10-17(15)26-4/h6-11,19H,5H2,1-4H3,(H,20,21). The van der Waals surface area contributed by atoms with Crippen molar-refractivity contribution in [1.29, 1.82) is 0 Å². The molecule has 0 unspecified atom stereocenters. The number of hydrogen-bond donors (Lipinski definition) is 2. The van der Waals surface area contributed by atoms with Crippen LogP contribution in [0.4, 0.5) is 5.69 Å². The lowest BCUT2D eigenvalue weighted by Gasteiger charge is -2.14. The Labute approximate surface area is 158 Å². The summed E-state index contributed by atoms with van der Waals surface area (Å²) in [5.74, 6) is 0.679. The van der Waals surface area contributed by atoms with Crippen LogP contribution in [0.2, 0.25) is 0 Å². The lowest BCUT2D eigenvalue weighted by atomic mass is 10.1. The fourth-order valence-electron chi connectivity index (χ4n) is 2.40. The van der Waals surface area contributed by atoms with E-state index in [0.29, 0.717) is 17.2 Å². The molecule has 0 saturated heterocycles. The first-order chi connectivity index (χ1) is 12.9. The Kier molecular flexibility index (Phi) is 6.65. The van der Waals surface area contributed by atoms with Crippen molar-refractivity contribution in [2.75, 3.05) is 33.2 Å². The zero-order valence-corrected chi connectivity index (χ0v) is 16.3. The van der Waals surface area contributed by atoms with Crippen LogP contribution >= 0.6 is 0 Å². The van der Waals surface area contributed by atoms with Gasteiger partial charge in [-0.1, -0.05) is 6.92 Å². The molecule has 0 radical (unpaired) electrons. The van der Waals surface area contributed by atoms with E-state index >= 15 is 0 Å². The Morgan fingerprint density at radius 2 is 1.67 bits per heavy atom. The van der Waals surface area contributed by atoms with Gasteiger partial charge in [-0.25, -0.2) is 13.1 Å². The molecule has 1 amide bonds. The minimum atomic E-state index is -3.71. The smallest absolute Gasteiger partial charge is 0.259 e. The van der Waals surface area contributed by atoms with Gasteiger partial charge < -0.3 is 19.5 Å². The minimum absolute atomic E-state index is 0.0306. The maximum Gasteiger partial charge on any atom is 0.259 e. The zero-order valence-electron chi connectivity index (χ0n) is 15.5. The molecule has 0 fully saturated rings. The summed E-state index contributed by atoms with van der Waals surface area (Å²) < 4.78 is 42.4. The van der Waals surface area contributed by atoms with Crippen LogP contribution in [0.15, 0.2) is 41.3 Å². The van der Waals surface area contributed by atoms with Gasteiger partial charge in [-0.15, -0.1) is 0 Å². The molecule has 9 heteroatoms. The quantitative estimate of drug-likeness (QED) is 0.712. The van der Waals surface area contributed by atoms with Crippen LogP contribution in [0.5, 0.6) is 17.2 Å². The summed E-state index contributed by atoms with van der Waals surface area (Å²) >= 11 is 0. The number of carbonyl (C=O) groups is 1. The SMILES string of the molecule is CCNS(=O)(=O)c1ccc(OC)c(C(=O)Nc2ccc(OC)cc2OC)c1. The van der Waals surface area contributed by atoms with Crippen LogP contribution in [0.3, 0.4) is 0 Å². The Bertz CT molecular complexity index is 927. The van der Waals surface area contributed by atoms with E-state index in [1.807, 2.05) is 0 Å². The van der Waals surface area contributed by atoms with E-state index in [1.54, 1.807) is 25.1 Å². The number of sulfonamides is 1. The monoisotopic (exact) mass is 394 g/mol. The number of carbonyl (C=O) groups excluding carboxylic acids is 1. The number of benzene rings is 2. The summed E-state index contributed by atoms with van der Waals surface area (Å²) in [4.78, 5) is 12.7. The zero-order chi connectivity index (χ0) is 20.0. The van der Waals surface area contributed by atoms with Gasteiger partial charge in [0, 0.05) is 12.6 Å². The molecule has 0 atom stereocenters. The molecule has 0 aromatic heterocycles. The topological polar surface area (TPSA) is 103 Å². The van der Waals surface area contributed by atoms with E-state index in [9.17, 15) is 13.2 Å². The van der Waals surface area contributed by atoms with Crippen LogP contribution < -0.4 is 24.2 Å². The third kappa shape index (κ3) is 4.69. The van der Waals surface area contributed by atoms with E-state index in [-0.39, 0.29) is 22.8 Å². The third-order valence-corrected chi connectivity index (χ3v) is 5.26. The molecule has 2 aromatic carbocycles. The molecule has 0 aliphatic rings. The number of ether oxygens (including phenoxy) is 3. The van der Waals surface area contributed by atoms with Crippen LogP contribution in [0.1, 0.15) is 17.3 Å². The average molecular weight is 394 g/mol. The van der Waals surface area contributed by atoms with Crippen molar-refractivity contribution >= 4 is 21.6 Å². The molecule has 0 aliphatic carbocycles. The van der Waals surface area contributed by atoms with Crippen molar-refractivity contribution in [2.24, 2.45) is 0 Å². The largest absolute Gasteiger partial charge is 0.497 e. The summed E-state index contributed by atoms with van der Waals surface area (Å²) in [7, 11) is 0.677. The molecule has 8 nitrogen and oxygen atoms in total. The molecule has 146 valence electrons. The highest BCUT2D eigenvalue weighted by Crippen LogP contribution is 2.30. The highest BCUT2D eigenvalue weighted by molar-refractivity contribution is 7.89. The summed E-state index contributed by atoms with van der Waals surface area (Å²) in [6.07, 6.45) is 0. The van der Waals surface area contributed by atoms with Gasteiger partial charge in [-0.3, -0.25) is 4.79 Å². The summed E-state index contributed by atoms with van der Waals surface area (Å²) in [5.41, 5.74) is 0.486. The number of hydrogen-bond acceptors (Lipinski definition) is 6. The summed E-state index contributed by atoms with van der Waals surface area (Å²) in [6, 6.07) is 9.00. The Hall–Kier alpha value is -2.78. The fraction of sp³-hybridized carbons (Fsp3) is 0.278. The second kappa shape index (κ2) is 8.74. The first kappa shape index (κ1) is 20.5. The lowest BCUT2D eigenvalue weighted by molar-refractivity contribution is 0.102. The van der Waals surface area contributed by atoms with E-state index in [4.69, 9.17) is 14.2 Å². The highest BCUT2D eigenvalue weighted by atomic mass is 32.2.